The van der Waals surface area contributed by atoms with E-state index in [1.807, 2.05) is 32.0 Å². The van der Waals surface area contributed by atoms with Crippen LogP contribution in [0.4, 0.5) is 5.82 Å². The minimum Gasteiger partial charge on any atom is -0.354 e. The van der Waals surface area contributed by atoms with Gasteiger partial charge in [0.15, 0.2) is 0 Å². The second-order valence-electron chi connectivity index (χ2n) is 7.49. The molecule has 0 bridgehead atoms. The molecule has 2 aromatic heterocycles. The predicted octanol–water partition coefficient (Wildman–Crippen LogP) is 2.20. The number of aryl methyl sites for hydroxylation is 3. The molecular weight excluding hydrogens is 388 g/mol. The number of benzene rings is 1. The van der Waals surface area contributed by atoms with Gasteiger partial charge in [-0.05, 0) is 37.5 Å². The van der Waals surface area contributed by atoms with Crippen molar-refractivity contribution in [3.63, 3.8) is 0 Å². The van der Waals surface area contributed by atoms with Crippen molar-refractivity contribution >= 4 is 21.6 Å². The third kappa shape index (κ3) is 3.72. The molecule has 3 aromatic rings. The first-order chi connectivity index (χ1) is 13.9. The van der Waals surface area contributed by atoms with Crippen LogP contribution in [-0.2, 0) is 16.4 Å². The van der Waals surface area contributed by atoms with Crippen molar-refractivity contribution in [1.29, 1.82) is 0 Å². The molecule has 1 fully saturated rings. The predicted molar refractivity (Wildman–Crippen MR) is 112 cm³/mol. The van der Waals surface area contributed by atoms with Crippen LogP contribution in [0.15, 0.2) is 35.5 Å². The van der Waals surface area contributed by atoms with Gasteiger partial charge in [-0.3, -0.25) is 0 Å². The van der Waals surface area contributed by atoms with E-state index in [4.69, 9.17) is 0 Å². The van der Waals surface area contributed by atoms with E-state index < -0.39 is 10.0 Å². The van der Waals surface area contributed by atoms with Crippen LogP contribution in [0.3, 0.4) is 0 Å². The van der Waals surface area contributed by atoms with Crippen molar-refractivity contribution in [3.8, 4) is 0 Å². The van der Waals surface area contributed by atoms with Crippen molar-refractivity contribution in [2.75, 3.05) is 31.1 Å². The standard InChI is InChI=1S/C20H26N6O2S/c1-4-5-17-13-19(26-20(23-17)21-14-22-26)24-8-10-25(11-9-24)29(27,28)18-12-15(2)6-7-16(18)3/h6-7,12-14H,4-5,8-11H2,1-3H3. The van der Waals surface area contributed by atoms with Crippen LogP contribution in [0.1, 0.15) is 30.2 Å². The zero-order valence-corrected chi connectivity index (χ0v) is 17.9. The number of piperazine rings is 1. The van der Waals surface area contributed by atoms with Crippen LogP contribution >= 0.6 is 0 Å². The number of anilines is 1. The molecule has 1 aromatic carbocycles. The monoisotopic (exact) mass is 414 g/mol. The van der Waals surface area contributed by atoms with E-state index in [1.165, 1.54) is 6.33 Å². The number of hydrogen-bond donors (Lipinski definition) is 0. The van der Waals surface area contributed by atoms with Gasteiger partial charge in [-0.25, -0.2) is 13.4 Å². The van der Waals surface area contributed by atoms with E-state index in [0.29, 0.717) is 36.9 Å². The second kappa shape index (κ2) is 7.72. The van der Waals surface area contributed by atoms with E-state index in [9.17, 15) is 8.42 Å². The molecule has 0 unspecified atom stereocenters. The third-order valence-electron chi connectivity index (χ3n) is 5.32. The van der Waals surface area contributed by atoms with Crippen molar-refractivity contribution in [2.24, 2.45) is 0 Å². The maximum absolute atomic E-state index is 13.2. The Morgan fingerprint density at radius 3 is 2.55 bits per heavy atom. The van der Waals surface area contributed by atoms with Gasteiger partial charge < -0.3 is 4.90 Å². The highest BCUT2D eigenvalue weighted by Gasteiger charge is 2.30. The molecule has 0 N–H and O–H groups in total. The molecule has 1 aliphatic rings. The van der Waals surface area contributed by atoms with Gasteiger partial charge in [0, 0.05) is 37.9 Å². The number of rotatable bonds is 5. The smallest absolute Gasteiger partial charge is 0.254 e. The number of sulfonamides is 1. The second-order valence-corrected chi connectivity index (χ2v) is 9.39. The number of nitrogens with zero attached hydrogens (tertiary/aromatic N) is 6. The lowest BCUT2D eigenvalue weighted by Gasteiger charge is -2.35. The van der Waals surface area contributed by atoms with Gasteiger partial charge in [0.25, 0.3) is 5.78 Å². The summed E-state index contributed by atoms with van der Waals surface area (Å²) in [6, 6.07) is 7.61. The summed E-state index contributed by atoms with van der Waals surface area (Å²) >= 11 is 0. The Bertz CT molecular complexity index is 1130. The molecule has 0 amide bonds. The van der Waals surface area contributed by atoms with Crippen LogP contribution in [-0.4, -0.2) is 58.5 Å². The number of fused-ring (bicyclic) bond motifs is 1. The molecule has 4 rings (SSSR count). The molecule has 8 nitrogen and oxygen atoms in total. The normalized spacial score (nSPS) is 15.9. The van der Waals surface area contributed by atoms with Crippen molar-refractivity contribution in [2.45, 2.75) is 38.5 Å². The largest absolute Gasteiger partial charge is 0.354 e. The van der Waals surface area contributed by atoms with Crippen LogP contribution in [0.5, 0.6) is 0 Å². The van der Waals surface area contributed by atoms with Gasteiger partial charge in [0.1, 0.15) is 12.1 Å². The Kier molecular flexibility index (Phi) is 5.26. The lowest BCUT2D eigenvalue weighted by atomic mass is 10.2. The topological polar surface area (TPSA) is 83.7 Å². The molecule has 0 atom stereocenters. The van der Waals surface area contributed by atoms with E-state index in [-0.39, 0.29) is 0 Å². The van der Waals surface area contributed by atoms with Gasteiger partial charge in [0.2, 0.25) is 10.0 Å². The highest BCUT2D eigenvalue weighted by molar-refractivity contribution is 7.89. The van der Waals surface area contributed by atoms with Gasteiger partial charge in [-0.1, -0.05) is 25.5 Å². The maximum Gasteiger partial charge on any atom is 0.254 e. The third-order valence-corrected chi connectivity index (χ3v) is 7.36. The van der Waals surface area contributed by atoms with E-state index in [2.05, 4.69) is 26.9 Å². The highest BCUT2D eigenvalue weighted by Crippen LogP contribution is 2.24. The first-order valence-corrected chi connectivity index (χ1v) is 11.4. The molecule has 29 heavy (non-hydrogen) atoms. The Morgan fingerprint density at radius 2 is 1.83 bits per heavy atom. The molecule has 0 saturated carbocycles. The Labute approximate surface area is 171 Å². The van der Waals surface area contributed by atoms with Crippen molar-refractivity contribution in [3.05, 3.63) is 47.4 Å². The quantitative estimate of drug-likeness (QED) is 0.636. The van der Waals surface area contributed by atoms with Crippen LogP contribution in [0.2, 0.25) is 0 Å². The first-order valence-electron chi connectivity index (χ1n) is 9.92. The summed E-state index contributed by atoms with van der Waals surface area (Å²) in [6.45, 7) is 7.91. The average molecular weight is 415 g/mol. The van der Waals surface area contributed by atoms with E-state index in [0.717, 1.165) is 35.5 Å². The SMILES string of the molecule is CCCc1cc(N2CCN(S(=O)(=O)c3cc(C)ccc3C)CC2)n2ncnc2n1. The minimum atomic E-state index is -3.51. The Hall–Kier alpha value is -2.52. The first kappa shape index (κ1) is 19.8. The fourth-order valence-corrected chi connectivity index (χ4v) is 5.47. The van der Waals surface area contributed by atoms with E-state index >= 15 is 0 Å². The summed E-state index contributed by atoms with van der Waals surface area (Å²) < 4.78 is 29.7. The molecule has 0 radical (unpaired) electrons. The highest BCUT2D eigenvalue weighted by atomic mass is 32.2. The summed E-state index contributed by atoms with van der Waals surface area (Å²) in [5.74, 6) is 1.50. The zero-order valence-electron chi connectivity index (χ0n) is 17.0. The summed E-state index contributed by atoms with van der Waals surface area (Å²) in [6.07, 6.45) is 3.37. The fraction of sp³-hybridized carbons (Fsp3) is 0.450. The lowest BCUT2D eigenvalue weighted by Crippen LogP contribution is -2.49. The van der Waals surface area contributed by atoms with Crippen LogP contribution in [0, 0.1) is 13.8 Å². The molecule has 0 aliphatic carbocycles. The Morgan fingerprint density at radius 1 is 1.07 bits per heavy atom. The summed E-state index contributed by atoms with van der Waals surface area (Å²) in [5.41, 5.74) is 2.70. The number of hydrogen-bond acceptors (Lipinski definition) is 6. The van der Waals surface area contributed by atoms with Gasteiger partial charge in [-0.15, -0.1) is 0 Å². The number of aromatic nitrogens is 4. The minimum absolute atomic E-state index is 0.402. The fourth-order valence-electron chi connectivity index (χ4n) is 3.74. The van der Waals surface area contributed by atoms with Crippen molar-refractivity contribution < 1.29 is 8.42 Å². The maximum atomic E-state index is 13.2. The van der Waals surface area contributed by atoms with Gasteiger partial charge in [-0.2, -0.15) is 18.9 Å². The lowest BCUT2D eigenvalue weighted by molar-refractivity contribution is 0.382. The molecular formula is C20H26N6O2S. The molecule has 1 saturated heterocycles. The zero-order chi connectivity index (χ0) is 20.6. The van der Waals surface area contributed by atoms with Crippen molar-refractivity contribution in [1.82, 2.24) is 23.9 Å². The molecule has 9 heteroatoms. The molecule has 1 aliphatic heterocycles. The van der Waals surface area contributed by atoms with Gasteiger partial charge in [0.05, 0.1) is 4.90 Å². The summed E-state index contributed by atoms with van der Waals surface area (Å²) in [4.78, 5) is 11.4. The molecule has 154 valence electrons. The van der Waals surface area contributed by atoms with Crippen LogP contribution in [0.25, 0.3) is 5.78 Å². The average Bonchev–Trinajstić information content (AvgIpc) is 3.18. The molecule has 3 heterocycles. The molecule has 0 spiro atoms. The summed E-state index contributed by atoms with van der Waals surface area (Å²) in [5, 5.41) is 4.30. The summed E-state index contributed by atoms with van der Waals surface area (Å²) in [7, 11) is -3.51. The van der Waals surface area contributed by atoms with Gasteiger partial charge >= 0.3 is 0 Å². The Balaban J connectivity index is 1.58. The van der Waals surface area contributed by atoms with Crippen LogP contribution < -0.4 is 4.90 Å². The van der Waals surface area contributed by atoms with E-state index in [1.54, 1.807) is 14.9 Å².